The molecular formula is C13H28N2O. The summed E-state index contributed by atoms with van der Waals surface area (Å²) in [6, 6.07) is 0. The predicted octanol–water partition coefficient (Wildman–Crippen LogP) is 1.73. The van der Waals surface area contributed by atoms with E-state index in [1.165, 1.54) is 32.5 Å². The maximum atomic E-state index is 5.44. The molecule has 1 saturated heterocycles. The van der Waals surface area contributed by atoms with Crippen LogP contribution in [0.5, 0.6) is 0 Å². The van der Waals surface area contributed by atoms with Crippen molar-refractivity contribution < 1.29 is 4.74 Å². The molecule has 1 unspecified atom stereocenters. The van der Waals surface area contributed by atoms with Crippen LogP contribution >= 0.6 is 0 Å². The quantitative estimate of drug-likeness (QED) is 0.640. The summed E-state index contributed by atoms with van der Waals surface area (Å²) in [5.41, 5.74) is 0. The van der Waals surface area contributed by atoms with E-state index in [1.54, 1.807) is 0 Å². The molecule has 0 aliphatic carbocycles. The molecule has 0 radical (unpaired) electrons. The lowest BCUT2D eigenvalue weighted by atomic mass is 9.98. The van der Waals surface area contributed by atoms with E-state index in [4.69, 9.17) is 4.74 Å². The van der Waals surface area contributed by atoms with Crippen molar-refractivity contribution in [3.63, 3.8) is 0 Å². The minimum absolute atomic E-state index is 0.857. The SMILES string of the molecule is CCCOCCCNCC1CCCN(C)C1. The molecule has 1 heterocycles. The monoisotopic (exact) mass is 228 g/mol. The van der Waals surface area contributed by atoms with Gasteiger partial charge >= 0.3 is 0 Å². The van der Waals surface area contributed by atoms with Crippen LogP contribution in [-0.2, 0) is 4.74 Å². The van der Waals surface area contributed by atoms with Crippen molar-refractivity contribution in [1.29, 1.82) is 0 Å². The van der Waals surface area contributed by atoms with Gasteiger partial charge in [0.25, 0.3) is 0 Å². The third kappa shape index (κ3) is 6.46. The first kappa shape index (κ1) is 13.9. The Morgan fingerprint density at radius 3 is 3.00 bits per heavy atom. The molecule has 3 nitrogen and oxygen atoms in total. The summed E-state index contributed by atoms with van der Waals surface area (Å²) in [4.78, 5) is 2.44. The highest BCUT2D eigenvalue weighted by atomic mass is 16.5. The highest BCUT2D eigenvalue weighted by Crippen LogP contribution is 2.13. The number of ether oxygens (including phenoxy) is 1. The van der Waals surface area contributed by atoms with Gasteiger partial charge < -0.3 is 15.0 Å². The van der Waals surface area contributed by atoms with Crippen LogP contribution in [0.15, 0.2) is 0 Å². The van der Waals surface area contributed by atoms with Gasteiger partial charge in [-0.15, -0.1) is 0 Å². The molecule has 1 aliphatic heterocycles. The summed E-state index contributed by atoms with van der Waals surface area (Å²) in [6.45, 7) is 8.79. The van der Waals surface area contributed by atoms with E-state index >= 15 is 0 Å². The molecule has 0 bridgehead atoms. The Labute approximate surface area is 101 Å². The Balaban J connectivity index is 1.86. The van der Waals surface area contributed by atoms with Gasteiger partial charge in [0, 0.05) is 19.8 Å². The zero-order valence-corrected chi connectivity index (χ0v) is 11.0. The van der Waals surface area contributed by atoms with Crippen molar-refractivity contribution >= 4 is 0 Å². The van der Waals surface area contributed by atoms with Crippen LogP contribution in [0.1, 0.15) is 32.6 Å². The fraction of sp³-hybridized carbons (Fsp3) is 1.00. The molecule has 0 saturated carbocycles. The molecule has 16 heavy (non-hydrogen) atoms. The summed E-state index contributed by atoms with van der Waals surface area (Å²) in [5, 5.41) is 3.55. The number of likely N-dealkylation sites (tertiary alicyclic amines) is 1. The minimum atomic E-state index is 0.857. The van der Waals surface area contributed by atoms with Gasteiger partial charge in [-0.3, -0.25) is 0 Å². The van der Waals surface area contributed by atoms with E-state index in [-0.39, 0.29) is 0 Å². The van der Waals surface area contributed by atoms with Gasteiger partial charge in [0.2, 0.25) is 0 Å². The Morgan fingerprint density at radius 1 is 1.38 bits per heavy atom. The van der Waals surface area contributed by atoms with Crippen molar-refractivity contribution in [1.82, 2.24) is 10.2 Å². The maximum absolute atomic E-state index is 5.44. The largest absolute Gasteiger partial charge is 0.381 e. The van der Waals surface area contributed by atoms with Gasteiger partial charge in [0.05, 0.1) is 0 Å². The van der Waals surface area contributed by atoms with Gasteiger partial charge in [-0.1, -0.05) is 6.92 Å². The third-order valence-electron chi connectivity index (χ3n) is 3.15. The second-order valence-corrected chi connectivity index (χ2v) is 4.94. The predicted molar refractivity (Wildman–Crippen MR) is 68.8 cm³/mol. The standard InChI is InChI=1S/C13H28N2O/c1-3-9-16-10-5-7-14-11-13-6-4-8-15(2)12-13/h13-14H,3-12H2,1-2H3. The van der Waals surface area contributed by atoms with Crippen LogP contribution in [0.25, 0.3) is 0 Å². The molecule has 96 valence electrons. The molecule has 1 atom stereocenters. The molecule has 1 rings (SSSR count). The van der Waals surface area contributed by atoms with Crippen LogP contribution in [0.2, 0.25) is 0 Å². The summed E-state index contributed by atoms with van der Waals surface area (Å²) in [5.74, 6) is 0.857. The number of hydrogen-bond acceptors (Lipinski definition) is 3. The van der Waals surface area contributed by atoms with Crippen molar-refractivity contribution in [2.45, 2.75) is 32.6 Å². The van der Waals surface area contributed by atoms with Crippen LogP contribution in [0.3, 0.4) is 0 Å². The average Bonchev–Trinajstić information content (AvgIpc) is 2.28. The first-order valence-corrected chi connectivity index (χ1v) is 6.80. The molecule has 1 aliphatic rings. The van der Waals surface area contributed by atoms with Crippen LogP contribution < -0.4 is 5.32 Å². The van der Waals surface area contributed by atoms with E-state index in [9.17, 15) is 0 Å². The second-order valence-electron chi connectivity index (χ2n) is 4.94. The molecular weight excluding hydrogens is 200 g/mol. The smallest absolute Gasteiger partial charge is 0.0478 e. The summed E-state index contributed by atoms with van der Waals surface area (Å²) in [7, 11) is 2.23. The first-order chi connectivity index (χ1) is 7.83. The number of nitrogens with one attached hydrogen (secondary N) is 1. The molecule has 1 N–H and O–H groups in total. The number of piperidine rings is 1. The molecule has 0 spiro atoms. The number of nitrogens with zero attached hydrogens (tertiary/aromatic N) is 1. The first-order valence-electron chi connectivity index (χ1n) is 6.80. The zero-order chi connectivity index (χ0) is 11.6. The summed E-state index contributed by atoms with van der Waals surface area (Å²) in [6.07, 6.45) is 5.02. The zero-order valence-electron chi connectivity index (χ0n) is 11.0. The Hall–Kier alpha value is -0.120. The van der Waals surface area contributed by atoms with Gasteiger partial charge in [-0.2, -0.15) is 0 Å². The van der Waals surface area contributed by atoms with Crippen molar-refractivity contribution in [2.75, 3.05) is 46.4 Å². The van der Waals surface area contributed by atoms with Crippen LogP contribution in [0, 0.1) is 5.92 Å². The molecule has 1 fully saturated rings. The molecule has 0 aromatic heterocycles. The van der Waals surface area contributed by atoms with Gasteiger partial charge in [-0.25, -0.2) is 0 Å². The van der Waals surface area contributed by atoms with Crippen LogP contribution in [-0.4, -0.2) is 51.3 Å². The Bertz CT molecular complexity index is 164. The van der Waals surface area contributed by atoms with E-state index < -0.39 is 0 Å². The topological polar surface area (TPSA) is 24.5 Å². The van der Waals surface area contributed by atoms with E-state index in [2.05, 4.69) is 24.2 Å². The van der Waals surface area contributed by atoms with Gasteiger partial charge in [0.15, 0.2) is 0 Å². The minimum Gasteiger partial charge on any atom is -0.381 e. The Morgan fingerprint density at radius 2 is 2.25 bits per heavy atom. The van der Waals surface area contributed by atoms with Crippen LogP contribution in [0.4, 0.5) is 0 Å². The average molecular weight is 228 g/mol. The van der Waals surface area contributed by atoms with E-state index in [0.717, 1.165) is 38.5 Å². The lowest BCUT2D eigenvalue weighted by Gasteiger charge is -2.29. The highest BCUT2D eigenvalue weighted by Gasteiger charge is 2.15. The Kier molecular flexibility index (Phi) is 7.81. The molecule has 0 aromatic carbocycles. The van der Waals surface area contributed by atoms with E-state index in [1.807, 2.05) is 0 Å². The third-order valence-corrected chi connectivity index (χ3v) is 3.15. The molecule has 0 amide bonds. The van der Waals surface area contributed by atoms with Crippen molar-refractivity contribution in [3.8, 4) is 0 Å². The van der Waals surface area contributed by atoms with Crippen molar-refractivity contribution in [2.24, 2.45) is 5.92 Å². The van der Waals surface area contributed by atoms with Crippen molar-refractivity contribution in [3.05, 3.63) is 0 Å². The number of rotatable bonds is 8. The van der Waals surface area contributed by atoms with Gasteiger partial charge in [-0.05, 0) is 58.3 Å². The summed E-state index contributed by atoms with van der Waals surface area (Å²) >= 11 is 0. The van der Waals surface area contributed by atoms with E-state index in [0.29, 0.717) is 0 Å². The highest BCUT2D eigenvalue weighted by molar-refractivity contribution is 4.72. The normalized spacial score (nSPS) is 22.5. The van der Waals surface area contributed by atoms with Gasteiger partial charge in [0.1, 0.15) is 0 Å². The maximum Gasteiger partial charge on any atom is 0.0478 e. The number of hydrogen-bond donors (Lipinski definition) is 1. The fourth-order valence-electron chi connectivity index (χ4n) is 2.29. The summed E-state index contributed by atoms with van der Waals surface area (Å²) < 4.78 is 5.44. The molecule has 0 aromatic rings. The lowest BCUT2D eigenvalue weighted by molar-refractivity contribution is 0.131. The fourth-order valence-corrected chi connectivity index (χ4v) is 2.29. The molecule has 3 heteroatoms. The second kappa shape index (κ2) is 8.97. The lowest BCUT2D eigenvalue weighted by Crippen LogP contribution is -2.37.